The van der Waals surface area contributed by atoms with E-state index in [0.717, 1.165) is 32.2 Å². The van der Waals surface area contributed by atoms with Gasteiger partial charge in [0.15, 0.2) is 0 Å². The van der Waals surface area contributed by atoms with E-state index in [9.17, 15) is 9.90 Å². The van der Waals surface area contributed by atoms with Crippen molar-refractivity contribution in [3.8, 4) is 0 Å². The van der Waals surface area contributed by atoms with Crippen molar-refractivity contribution in [3.63, 3.8) is 0 Å². The molecule has 0 spiro atoms. The molecule has 1 rings (SSSR count). The molecule has 0 aromatic heterocycles. The van der Waals surface area contributed by atoms with E-state index in [1.807, 2.05) is 0 Å². The summed E-state index contributed by atoms with van der Waals surface area (Å²) in [4.78, 5) is 10.8. The molecule has 100 valence electrons. The van der Waals surface area contributed by atoms with E-state index in [2.05, 4.69) is 5.32 Å². The number of hydrogen-bond acceptors (Lipinski definition) is 4. The summed E-state index contributed by atoms with van der Waals surface area (Å²) in [6.45, 7) is 1.73. The summed E-state index contributed by atoms with van der Waals surface area (Å²) < 4.78 is 4.83. The molecular formula is C12H23NO4. The first-order chi connectivity index (χ1) is 8.13. The van der Waals surface area contributed by atoms with Gasteiger partial charge in [0, 0.05) is 13.7 Å². The molecule has 1 saturated carbocycles. The maximum absolute atomic E-state index is 10.8. The first-order valence-electron chi connectivity index (χ1n) is 6.24. The van der Waals surface area contributed by atoms with E-state index < -0.39 is 12.1 Å². The van der Waals surface area contributed by atoms with E-state index in [1.54, 1.807) is 7.11 Å². The Labute approximate surface area is 102 Å². The van der Waals surface area contributed by atoms with E-state index in [0.29, 0.717) is 19.1 Å². The predicted molar refractivity (Wildman–Crippen MR) is 63.8 cm³/mol. The van der Waals surface area contributed by atoms with Crippen molar-refractivity contribution in [2.75, 3.05) is 26.8 Å². The van der Waals surface area contributed by atoms with Crippen LogP contribution in [0.25, 0.3) is 0 Å². The molecule has 0 saturated heterocycles. The van der Waals surface area contributed by atoms with Crippen LogP contribution < -0.4 is 5.32 Å². The zero-order chi connectivity index (χ0) is 12.7. The van der Waals surface area contributed by atoms with Crippen LogP contribution in [0, 0.1) is 11.8 Å². The number of hydrogen-bond donors (Lipinski definition) is 3. The molecule has 3 N–H and O–H groups in total. The third-order valence-electron chi connectivity index (χ3n) is 3.37. The van der Waals surface area contributed by atoms with Crippen molar-refractivity contribution < 1.29 is 19.7 Å². The summed E-state index contributed by atoms with van der Waals surface area (Å²) in [5.74, 6) is -0.266. The number of aliphatic hydroxyl groups is 1. The predicted octanol–water partition coefficient (Wildman–Crippen LogP) is 0.474. The van der Waals surface area contributed by atoms with Crippen molar-refractivity contribution in [1.29, 1.82) is 0 Å². The monoisotopic (exact) mass is 245 g/mol. The fourth-order valence-corrected chi connectivity index (χ4v) is 2.32. The summed E-state index contributed by atoms with van der Waals surface area (Å²) in [5.41, 5.74) is 0. The number of nitrogens with one attached hydrogen (secondary N) is 1. The van der Waals surface area contributed by atoms with E-state index in [-0.39, 0.29) is 5.92 Å². The molecule has 0 aliphatic heterocycles. The molecule has 0 heterocycles. The minimum absolute atomic E-state index is 0.148. The number of carbonyl (C=O) groups is 1. The Hall–Kier alpha value is -0.650. The fourth-order valence-electron chi connectivity index (χ4n) is 2.32. The molecule has 0 amide bonds. The molecule has 1 fully saturated rings. The van der Waals surface area contributed by atoms with Gasteiger partial charge in [-0.3, -0.25) is 4.79 Å². The van der Waals surface area contributed by atoms with Crippen LogP contribution in [-0.4, -0.2) is 49.1 Å². The Morgan fingerprint density at radius 1 is 1.41 bits per heavy atom. The van der Waals surface area contributed by atoms with Gasteiger partial charge in [0.1, 0.15) is 0 Å². The SMILES string of the molecule is COCC(O)CNCC1CCC(C(=O)O)CC1. The molecule has 1 unspecified atom stereocenters. The minimum atomic E-state index is -0.660. The lowest BCUT2D eigenvalue weighted by Crippen LogP contribution is -2.34. The zero-order valence-corrected chi connectivity index (χ0v) is 10.4. The number of carboxylic acid groups (broad SMARTS) is 1. The first-order valence-corrected chi connectivity index (χ1v) is 6.24. The molecule has 1 aliphatic rings. The summed E-state index contributed by atoms with van der Waals surface area (Å²) >= 11 is 0. The largest absolute Gasteiger partial charge is 0.481 e. The van der Waals surface area contributed by atoms with E-state index >= 15 is 0 Å². The maximum Gasteiger partial charge on any atom is 0.306 e. The first kappa shape index (κ1) is 14.4. The van der Waals surface area contributed by atoms with Crippen molar-refractivity contribution >= 4 is 5.97 Å². The Morgan fingerprint density at radius 2 is 2.06 bits per heavy atom. The Morgan fingerprint density at radius 3 is 2.59 bits per heavy atom. The second-order valence-corrected chi connectivity index (χ2v) is 4.82. The number of ether oxygens (including phenoxy) is 1. The Balaban J connectivity index is 2.08. The highest BCUT2D eigenvalue weighted by Crippen LogP contribution is 2.28. The van der Waals surface area contributed by atoms with Crippen LogP contribution in [0.4, 0.5) is 0 Å². The highest BCUT2D eigenvalue weighted by atomic mass is 16.5. The Kier molecular flexibility index (Phi) is 6.47. The van der Waals surface area contributed by atoms with Crippen LogP contribution in [0.15, 0.2) is 0 Å². The van der Waals surface area contributed by atoms with Gasteiger partial charge in [-0.25, -0.2) is 0 Å². The quantitative estimate of drug-likeness (QED) is 0.608. The number of aliphatic carboxylic acids is 1. The second kappa shape index (κ2) is 7.63. The van der Waals surface area contributed by atoms with E-state index in [4.69, 9.17) is 9.84 Å². The van der Waals surface area contributed by atoms with Gasteiger partial charge in [-0.1, -0.05) is 0 Å². The summed E-state index contributed by atoms with van der Waals surface area (Å²) in [7, 11) is 1.57. The van der Waals surface area contributed by atoms with Gasteiger partial charge >= 0.3 is 5.97 Å². The molecule has 1 aliphatic carbocycles. The van der Waals surface area contributed by atoms with Crippen LogP contribution in [-0.2, 0) is 9.53 Å². The van der Waals surface area contributed by atoms with Gasteiger partial charge in [-0.05, 0) is 38.1 Å². The highest BCUT2D eigenvalue weighted by molar-refractivity contribution is 5.69. The molecule has 17 heavy (non-hydrogen) atoms. The van der Waals surface area contributed by atoms with Gasteiger partial charge in [0.05, 0.1) is 18.6 Å². The molecule has 0 aromatic carbocycles. The van der Waals surface area contributed by atoms with Gasteiger partial charge in [0.25, 0.3) is 0 Å². The highest BCUT2D eigenvalue weighted by Gasteiger charge is 2.25. The lowest BCUT2D eigenvalue weighted by atomic mass is 9.82. The number of methoxy groups -OCH3 is 1. The fraction of sp³-hybridized carbons (Fsp3) is 0.917. The van der Waals surface area contributed by atoms with Crippen LogP contribution in [0.5, 0.6) is 0 Å². The lowest BCUT2D eigenvalue weighted by Gasteiger charge is -2.26. The maximum atomic E-state index is 10.8. The van der Waals surface area contributed by atoms with Gasteiger partial charge in [0.2, 0.25) is 0 Å². The lowest BCUT2D eigenvalue weighted by molar-refractivity contribution is -0.143. The van der Waals surface area contributed by atoms with Gasteiger partial charge in [-0.15, -0.1) is 0 Å². The second-order valence-electron chi connectivity index (χ2n) is 4.82. The van der Waals surface area contributed by atoms with Crippen molar-refractivity contribution in [2.45, 2.75) is 31.8 Å². The van der Waals surface area contributed by atoms with Crippen molar-refractivity contribution in [1.82, 2.24) is 5.32 Å². The topological polar surface area (TPSA) is 78.8 Å². The Bertz CT molecular complexity index is 227. The standard InChI is InChI=1S/C12H23NO4/c1-17-8-11(14)7-13-6-9-2-4-10(5-3-9)12(15)16/h9-11,13-14H,2-8H2,1H3,(H,15,16). The normalized spacial score (nSPS) is 26.7. The van der Waals surface area contributed by atoms with Crippen LogP contribution >= 0.6 is 0 Å². The third kappa shape index (κ3) is 5.48. The average molecular weight is 245 g/mol. The molecule has 0 bridgehead atoms. The molecule has 1 atom stereocenters. The van der Waals surface area contributed by atoms with Crippen molar-refractivity contribution in [3.05, 3.63) is 0 Å². The van der Waals surface area contributed by atoms with Crippen LogP contribution in [0.3, 0.4) is 0 Å². The summed E-state index contributed by atoms with van der Waals surface area (Å²) in [5, 5.41) is 21.5. The summed E-state index contributed by atoms with van der Waals surface area (Å²) in [6.07, 6.45) is 3.02. The van der Waals surface area contributed by atoms with Gasteiger partial charge < -0.3 is 20.3 Å². The van der Waals surface area contributed by atoms with Gasteiger partial charge in [-0.2, -0.15) is 0 Å². The van der Waals surface area contributed by atoms with Crippen LogP contribution in [0.2, 0.25) is 0 Å². The average Bonchev–Trinajstić information content (AvgIpc) is 2.30. The molecular weight excluding hydrogens is 222 g/mol. The third-order valence-corrected chi connectivity index (χ3v) is 3.37. The molecule has 0 radical (unpaired) electrons. The summed E-state index contributed by atoms with van der Waals surface area (Å²) in [6, 6.07) is 0. The number of aliphatic hydroxyl groups excluding tert-OH is 1. The minimum Gasteiger partial charge on any atom is -0.481 e. The smallest absolute Gasteiger partial charge is 0.306 e. The van der Waals surface area contributed by atoms with E-state index in [1.165, 1.54) is 0 Å². The van der Waals surface area contributed by atoms with Crippen LogP contribution in [0.1, 0.15) is 25.7 Å². The molecule has 5 heteroatoms. The van der Waals surface area contributed by atoms with Crippen molar-refractivity contribution in [2.24, 2.45) is 11.8 Å². The molecule has 0 aromatic rings. The number of rotatable bonds is 7. The zero-order valence-electron chi connectivity index (χ0n) is 10.4. The molecule has 5 nitrogen and oxygen atoms in total. The number of carboxylic acids is 1.